The molecule has 0 fully saturated rings. The molecule has 5 heteroatoms. The summed E-state index contributed by atoms with van der Waals surface area (Å²) in [6.45, 7) is 1.97. The molecule has 2 N–H and O–H groups in total. The summed E-state index contributed by atoms with van der Waals surface area (Å²) in [6, 6.07) is 5.26. The summed E-state index contributed by atoms with van der Waals surface area (Å²) in [7, 11) is 1.60. The largest absolute Gasteiger partial charge is 0.383 e. The van der Waals surface area contributed by atoms with Crippen LogP contribution in [0.5, 0.6) is 0 Å². The molecular formula is C11H17N3O2. The highest BCUT2D eigenvalue weighted by atomic mass is 16.5. The van der Waals surface area contributed by atoms with Crippen LogP contribution in [0.3, 0.4) is 0 Å². The molecule has 88 valence electrons. The number of ether oxygens (including phenoxy) is 1. The maximum atomic E-state index is 12.0. The molecule has 1 rings (SSSR count). The predicted molar refractivity (Wildman–Crippen MR) is 61.1 cm³/mol. The minimum atomic E-state index is -0.108. The first-order valence-electron chi connectivity index (χ1n) is 5.19. The Morgan fingerprint density at radius 2 is 2.31 bits per heavy atom. The van der Waals surface area contributed by atoms with Crippen molar-refractivity contribution in [2.45, 2.75) is 0 Å². The van der Waals surface area contributed by atoms with Crippen LogP contribution in [-0.2, 0) is 4.74 Å². The molecule has 0 spiro atoms. The Morgan fingerprint density at radius 3 is 2.88 bits per heavy atom. The van der Waals surface area contributed by atoms with Gasteiger partial charge in [-0.15, -0.1) is 0 Å². The number of rotatable bonds is 6. The number of methoxy groups -OCH3 is 1. The molecule has 1 heterocycles. The van der Waals surface area contributed by atoms with Crippen LogP contribution in [0.4, 0.5) is 0 Å². The van der Waals surface area contributed by atoms with E-state index in [1.54, 1.807) is 36.4 Å². The highest BCUT2D eigenvalue weighted by molar-refractivity contribution is 5.92. The average molecular weight is 223 g/mol. The molecule has 1 amide bonds. The lowest BCUT2D eigenvalue weighted by atomic mass is 10.3. The van der Waals surface area contributed by atoms with Crippen LogP contribution in [0.15, 0.2) is 24.4 Å². The van der Waals surface area contributed by atoms with Gasteiger partial charge in [-0.3, -0.25) is 9.78 Å². The number of nitrogens with zero attached hydrogens (tertiary/aromatic N) is 2. The smallest absolute Gasteiger partial charge is 0.272 e. The summed E-state index contributed by atoms with van der Waals surface area (Å²) in [5, 5.41) is 0. The Hall–Kier alpha value is -1.46. The van der Waals surface area contributed by atoms with Gasteiger partial charge in [-0.05, 0) is 12.1 Å². The predicted octanol–water partition coefficient (Wildman–Crippen LogP) is 0.129. The third-order valence-corrected chi connectivity index (χ3v) is 2.14. The van der Waals surface area contributed by atoms with E-state index < -0.39 is 0 Å². The zero-order chi connectivity index (χ0) is 11.8. The topological polar surface area (TPSA) is 68.5 Å². The second kappa shape index (κ2) is 6.92. The van der Waals surface area contributed by atoms with Gasteiger partial charge < -0.3 is 15.4 Å². The molecule has 0 bridgehead atoms. The summed E-state index contributed by atoms with van der Waals surface area (Å²) >= 11 is 0. The van der Waals surface area contributed by atoms with E-state index in [9.17, 15) is 4.79 Å². The molecule has 0 saturated heterocycles. The summed E-state index contributed by atoms with van der Waals surface area (Å²) in [6.07, 6.45) is 1.60. The van der Waals surface area contributed by atoms with Gasteiger partial charge in [0.05, 0.1) is 6.61 Å². The number of aromatic nitrogens is 1. The minimum Gasteiger partial charge on any atom is -0.383 e. The lowest BCUT2D eigenvalue weighted by Crippen LogP contribution is -2.38. The summed E-state index contributed by atoms with van der Waals surface area (Å²) < 4.78 is 4.95. The molecule has 0 aliphatic heterocycles. The first-order valence-corrected chi connectivity index (χ1v) is 5.19. The number of hydrogen-bond donors (Lipinski definition) is 1. The van der Waals surface area contributed by atoms with Crippen LogP contribution in [0, 0.1) is 0 Å². The van der Waals surface area contributed by atoms with Crippen molar-refractivity contribution >= 4 is 5.91 Å². The number of carbonyl (C=O) groups excluding carboxylic acids is 1. The minimum absolute atomic E-state index is 0.108. The molecule has 16 heavy (non-hydrogen) atoms. The van der Waals surface area contributed by atoms with Crippen molar-refractivity contribution in [2.75, 3.05) is 33.4 Å². The fourth-order valence-corrected chi connectivity index (χ4v) is 1.32. The summed E-state index contributed by atoms with van der Waals surface area (Å²) in [5.41, 5.74) is 5.90. The molecule has 1 aromatic rings. The molecule has 0 aromatic carbocycles. The monoisotopic (exact) mass is 223 g/mol. The van der Waals surface area contributed by atoms with Gasteiger partial charge in [0.1, 0.15) is 5.69 Å². The van der Waals surface area contributed by atoms with E-state index in [0.29, 0.717) is 31.9 Å². The van der Waals surface area contributed by atoms with Gasteiger partial charge in [-0.1, -0.05) is 6.07 Å². The quantitative estimate of drug-likeness (QED) is 0.744. The van der Waals surface area contributed by atoms with Gasteiger partial charge >= 0.3 is 0 Å². The first kappa shape index (κ1) is 12.6. The van der Waals surface area contributed by atoms with Crippen molar-refractivity contribution in [3.8, 4) is 0 Å². The normalized spacial score (nSPS) is 10.1. The Morgan fingerprint density at radius 1 is 1.50 bits per heavy atom. The zero-order valence-electron chi connectivity index (χ0n) is 9.43. The zero-order valence-corrected chi connectivity index (χ0v) is 9.43. The number of carbonyl (C=O) groups is 1. The van der Waals surface area contributed by atoms with Crippen LogP contribution in [0.25, 0.3) is 0 Å². The van der Waals surface area contributed by atoms with Crippen molar-refractivity contribution in [2.24, 2.45) is 5.73 Å². The van der Waals surface area contributed by atoms with Crippen molar-refractivity contribution < 1.29 is 9.53 Å². The van der Waals surface area contributed by atoms with Crippen LogP contribution >= 0.6 is 0 Å². The molecule has 0 atom stereocenters. The second-order valence-corrected chi connectivity index (χ2v) is 3.29. The number of nitrogens with two attached hydrogens (primary N) is 1. The maximum absolute atomic E-state index is 12.0. The lowest BCUT2D eigenvalue weighted by molar-refractivity contribution is 0.0696. The van der Waals surface area contributed by atoms with Gasteiger partial charge in [0.2, 0.25) is 0 Å². The highest BCUT2D eigenvalue weighted by Gasteiger charge is 2.15. The Bertz CT molecular complexity index is 316. The Labute approximate surface area is 95.2 Å². The third-order valence-electron chi connectivity index (χ3n) is 2.14. The van der Waals surface area contributed by atoms with Crippen LogP contribution in [0.1, 0.15) is 10.5 Å². The van der Waals surface area contributed by atoms with E-state index in [-0.39, 0.29) is 5.91 Å². The highest BCUT2D eigenvalue weighted by Crippen LogP contribution is 2.00. The van der Waals surface area contributed by atoms with E-state index in [4.69, 9.17) is 10.5 Å². The Balaban J connectivity index is 2.67. The van der Waals surface area contributed by atoms with Gasteiger partial charge in [0, 0.05) is 32.9 Å². The lowest BCUT2D eigenvalue weighted by Gasteiger charge is -2.20. The standard InChI is InChI=1S/C11H17N3O2/c1-16-9-8-14(7-5-12)11(15)10-4-2-3-6-13-10/h2-4,6H,5,7-9,12H2,1H3. The fourth-order valence-electron chi connectivity index (χ4n) is 1.32. The van der Waals surface area contributed by atoms with Gasteiger partial charge in [-0.2, -0.15) is 0 Å². The molecule has 5 nitrogen and oxygen atoms in total. The summed E-state index contributed by atoms with van der Waals surface area (Å²) in [4.78, 5) is 17.7. The van der Waals surface area contributed by atoms with E-state index in [2.05, 4.69) is 4.98 Å². The Kier molecular flexibility index (Phi) is 5.45. The molecule has 0 aliphatic rings. The maximum Gasteiger partial charge on any atom is 0.272 e. The van der Waals surface area contributed by atoms with Gasteiger partial charge in [0.25, 0.3) is 5.91 Å². The number of hydrogen-bond acceptors (Lipinski definition) is 4. The van der Waals surface area contributed by atoms with Crippen molar-refractivity contribution in [1.29, 1.82) is 0 Å². The number of amides is 1. The SMILES string of the molecule is COCCN(CCN)C(=O)c1ccccn1. The van der Waals surface area contributed by atoms with Crippen LogP contribution in [0.2, 0.25) is 0 Å². The van der Waals surface area contributed by atoms with Crippen LogP contribution in [-0.4, -0.2) is 49.1 Å². The molecule has 0 radical (unpaired) electrons. The molecule has 0 unspecified atom stereocenters. The molecule has 0 saturated carbocycles. The molecular weight excluding hydrogens is 206 g/mol. The third kappa shape index (κ3) is 3.60. The van der Waals surface area contributed by atoms with E-state index >= 15 is 0 Å². The van der Waals surface area contributed by atoms with E-state index in [0.717, 1.165) is 0 Å². The number of pyridine rings is 1. The van der Waals surface area contributed by atoms with E-state index in [1.807, 2.05) is 0 Å². The fraction of sp³-hybridized carbons (Fsp3) is 0.455. The van der Waals surface area contributed by atoms with Crippen LogP contribution < -0.4 is 5.73 Å². The van der Waals surface area contributed by atoms with Crippen molar-refractivity contribution in [3.05, 3.63) is 30.1 Å². The van der Waals surface area contributed by atoms with Gasteiger partial charge in [-0.25, -0.2) is 0 Å². The first-order chi connectivity index (χ1) is 7.79. The molecule has 1 aromatic heterocycles. The van der Waals surface area contributed by atoms with Gasteiger partial charge in [0.15, 0.2) is 0 Å². The average Bonchev–Trinajstić information content (AvgIpc) is 2.35. The second-order valence-electron chi connectivity index (χ2n) is 3.29. The van der Waals surface area contributed by atoms with E-state index in [1.165, 1.54) is 0 Å². The van der Waals surface area contributed by atoms with Crippen molar-refractivity contribution in [1.82, 2.24) is 9.88 Å². The molecule has 0 aliphatic carbocycles. The summed E-state index contributed by atoms with van der Waals surface area (Å²) in [5.74, 6) is -0.108. The van der Waals surface area contributed by atoms with Crippen molar-refractivity contribution in [3.63, 3.8) is 0 Å².